The summed E-state index contributed by atoms with van der Waals surface area (Å²) in [5, 5.41) is 9.44. The fourth-order valence-electron chi connectivity index (χ4n) is 2.48. The zero-order valence-corrected chi connectivity index (χ0v) is 12.0. The summed E-state index contributed by atoms with van der Waals surface area (Å²) < 4.78 is 38.1. The molecule has 0 unspecified atom stereocenters. The second kappa shape index (κ2) is 5.80. The van der Waals surface area contributed by atoms with E-state index in [-0.39, 0.29) is 5.75 Å². The van der Waals surface area contributed by atoms with Crippen molar-refractivity contribution >= 4 is 0 Å². The van der Waals surface area contributed by atoms with Crippen LogP contribution in [0.2, 0.25) is 0 Å². The van der Waals surface area contributed by atoms with Gasteiger partial charge >= 0.3 is 6.18 Å². The molecule has 0 aliphatic carbocycles. The Morgan fingerprint density at radius 1 is 0.810 bits per heavy atom. The molecular weight excluding hydrogens is 277 g/mol. The Morgan fingerprint density at radius 3 is 1.86 bits per heavy atom. The summed E-state index contributed by atoms with van der Waals surface area (Å²) in [6.45, 7) is 3.99. The average Bonchev–Trinajstić information content (AvgIpc) is 2.33. The van der Waals surface area contributed by atoms with Crippen LogP contribution in [0.25, 0.3) is 0 Å². The molecule has 0 amide bonds. The highest BCUT2D eigenvalue weighted by atomic mass is 19.4. The fraction of sp³-hybridized carbons (Fsp3) is 0.294. The molecule has 0 aromatic heterocycles. The van der Waals surface area contributed by atoms with E-state index in [2.05, 4.69) is 6.07 Å². The van der Waals surface area contributed by atoms with Gasteiger partial charge in [-0.25, -0.2) is 0 Å². The first-order valence-corrected chi connectivity index (χ1v) is 6.71. The summed E-state index contributed by atoms with van der Waals surface area (Å²) in [6.07, 6.45) is -3.34. The molecule has 0 fully saturated rings. The Hall–Kier alpha value is -1.97. The van der Waals surface area contributed by atoms with Gasteiger partial charge in [0.2, 0.25) is 0 Å². The topological polar surface area (TPSA) is 20.2 Å². The largest absolute Gasteiger partial charge is 0.508 e. The molecule has 2 aromatic carbocycles. The van der Waals surface area contributed by atoms with Gasteiger partial charge in [0.05, 0.1) is 5.56 Å². The molecule has 21 heavy (non-hydrogen) atoms. The normalized spacial score (nSPS) is 11.7. The van der Waals surface area contributed by atoms with Gasteiger partial charge in [0, 0.05) is 0 Å². The van der Waals surface area contributed by atoms with Gasteiger partial charge in [0.1, 0.15) is 5.75 Å². The maximum absolute atomic E-state index is 12.7. The fourth-order valence-corrected chi connectivity index (χ4v) is 2.48. The van der Waals surface area contributed by atoms with E-state index in [9.17, 15) is 18.3 Å². The number of aryl methyl sites for hydroxylation is 4. The highest BCUT2D eigenvalue weighted by molar-refractivity contribution is 5.36. The lowest BCUT2D eigenvalue weighted by atomic mass is 9.99. The van der Waals surface area contributed by atoms with E-state index in [1.54, 1.807) is 0 Å². The van der Waals surface area contributed by atoms with Crippen LogP contribution in [0.4, 0.5) is 13.2 Å². The molecule has 0 aliphatic rings. The molecule has 0 saturated heterocycles. The average molecular weight is 294 g/mol. The van der Waals surface area contributed by atoms with Crippen molar-refractivity contribution in [2.75, 3.05) is 0 Å². The number of phenols is 1. The number of rotatable bonds is 3. The molecule has 2 aromatic rings. The third-order valence-electron chi connectivity index (χ3n) is 3.29. The van der Waals surface area contributed by atoms with Crippen LogP contribution in [0.5, 0.6) is 5.75 Å². The molecule has 2 rings (SSSR count). The highest BCUT2D eigenvalue weighted by Crippen LogP contribution is 2.32. The van der Waals surface area contributed by atoms with Crippen molar-refractivity contribution in [3.63, 3.8) is 0 Å². The molecule has 0 spiro atoms. The number of hydrogen-bond donors (Lipinski definition) is 1. The monoisotopic (exact) mass is 294 g/mol. The molecule has 1 N–H and O–H groups in total. The van der Waals surface area contributed by atoms with Gasteiger partial charge in [-0.2, -0.15) is 13.2 Å². The van der Waals surface area contributed by atoms with Gasteiger partial charge in [-0.1, -0.05) is 29.3 Å². The molecular formula is C17H17F3O. The minimum atomic E-state index is -4.44. The van der Waals surface area contributed by atoms with Gasteiger partial charge in [-0.3, -0.25) is 0 Å². The van der Waals surface area contributed by atoms with Gasteiger partial charge in [0.25, 0.3) is 0 Å². The van der Waals surface area contributed by atoms with Crippen molar-refractivity contribution in [1.82, 2.24) is 0 Å². The second-order valence-electron chi connectivity index (χ2n) is 5.38. The van der Waals surface area contributed by atoms with Crippen molar-refractivity contribution < 1.29 is 18.3 Å². The molecule has 0 saturated carbocycles. The first kappa shape index (κ1) is 15.4. The van der Waals surface area contributed by atoms with Crippen LogP contribution in [-0.4, -0.2) is 5.11 Å². The molecule has 0 atom stereocenters. The van der Waals surface area contributed by atoms with E-state index < -0.39 is 11.7 Å². The second-order valence-corrected chi connectivity index (χ2v) is 5.38. The summed E-state index contributed by atoms with van der Waals surface area (Å²) in [4.78, 5) is 0. The molecule has 0 radical (unpaired) electrons. The third kappa shape index (κ3) is 4.25. The minimum absolute atomic E-state index is 0.347. The van der Waals surface area contributed by atoms with Crippen LogP contribution in [0.1, 0.15) is 27.8 Å². The SMILES string of the molecule is Cc1cc(C)cc(CCc2cc(O)cc(C(F)(F)F)c2)c1. The summed E-state index contributed by atoms with van der Waals surface area (Å²) in [6, 6.07) is 9.35. The number of alkyl halides is 3. The van der Waals surface area contributed by atoms with E-state index in [4.69, 9.17) is 0 Å². The van der Waals surface area contributed by atoms with Crippen molar-refractivity contribution in [2.45, 2.75) is 32.9 Å². The molecule has 112 valence electrons. The van der Waals surface area contributed by atoms with Crippen LogP contribution < -0.4 is 0 Å². The van der Waals surface area contributed by atoms with E-state index in [1.165, 1.54) is 6.07 Å². The number of halogens is 3. The summed E-state index contributed by atoms with van der Waals surface area (Å²) >= 11 is 0. The van der Waals surface area contributed by atoms with Crippen LogP contribution in [0.3, 0.4) is 0 Å². The Balaban J connectivity index is 2.18. The van der Waals surface area contributed by atoms with Crippen molar-refractivity contribution in [3.8, 4) is 5.75 Å². The lowest BCUT2D eigenvalue weighted by Gasteiger charge is -2.10. The third-order valence-corrected chi connectivity index (χ3v) is 3.29. The summed E-state index contributed by atoms with van der Waals surface area (Å²) in [7, 11) is 0. The zero-order valence-electron chi connectivity index (χ0n) is 12.0. The van der Waals surface area contributed by atoms with Gasteiger partial charge in [0.15, 0.2) is 0 Å². The van der Waals surface area contributed by atoms with E-state index in [1.807, 2.05) is 26.0 Å². The molecule has 4 heteroatoms. The van der Waals surface area contributed by atoms with Crippen LogP contribution >= 0.6 is 0 Å². The number of aromatic hydroxyl groups is 1. The van der Waals surface area contributed by atoms with Crippen molar-refractivity contribution in [2.24, 2.45) is 0 Å². The first-order valence-electron chi connectivity index (χ1n) is 6.71. The van der Waals surface area contributed by atoms with Gasteiger partial charge < -0.3 is 5.11 Å². The lowest BCUT2D eigenvalue weighted by molar-refractivity contribution is -0.137. The Morgan fingerprint density at radius 2 is 1.33 bits per heavy atom. The van der Waals surface area contributed by atoms with Crippen LogP contribution in [0, 0.1) is 13.8 Å². The quantitative estimate of drug-likeness (QED) is 0.861. The van der Waals surface area contributed by atoms with Crippen LogP contribution in [-0.2, 0) is 19.0 Å². The predicted molar refractivity (Wildman–Crippen MR) is 76.4 cm³/mol. The Kier molecular flexibility index (Phi) is 4.26. The lowest BCUT2D eigenvalue weighted by Crippen LogP contribution is -2.05. The Labute approximate surface area is 122 Å². The smallest absolute Gasteiger partial charge is 0.416 e. The molecule has 0 heterocycles. The van der Waals surface area contributed by atoms with Crippen molar-refractivity contribution in [3.05, 3.63) is 64.2 Å². The van der Waals surface area contributed by atoms with Gasteiger partial charge in [-0.15, -0.1) is 0 Å². The summed E-state index contributed by atoms with van der Waals surface area (Å²) in [5.41, 5.74) is 3.04. The standard InChI is InChI=1S/C17H17F3O/c1-11-5-12(2)7-13(6-11)3-4-14-8-15(17(18,19)20)10-16(21)9-14/h5-10,21H,3-4H2,1-2H3. The molecule has 0 aliphatic heterocycles. The summed E-state index contributed by atoms with van der Waals surface area (Å²) in [5.74, 6) is -0.347. The zero-order chi connectivity index (χ0) is 15.6. The molecule has 0 bridgehead atoms. The van der Waals surface area contributed by atoms with E-state index >= 15 is 0 Å². The predicted octanol–water partition coefficient (Wildman–Crippen LogP) is 4.81. The number of hydrogen-bond acceptors (Lipinski definition) is 1. The number of phenolic OH excluding ortho intramolecular Hbond substituents is 1. The first-order chi connectivity index (χ1) is 9.74. The van der Waals surface area contributed by atoms with Gasteiger partial charge in [-0.05, 0) is 56.0 Å². The van der Waals surface area contributed by atoms with E-state index in [0.717, 1.165) is 28.8 Å². The number of benzene rings is 2. The van der Waals surface area contributed by atoms with E-state index in [0.29, 0.717) is 18.4 Å². The van der Waals surface area contributed by atoms with Crippen LogP contribution in [0.15, 0.2) is 36.4 Å². The highest BCUT2D eigenvalue weighted by Gasteiger charge is 2.31. The molecule has 1 nitrogen and oxygen atoms in total. The minimum Gasteiger partial charge on any atom is -0.508 e. The maximum Gasteiger partial charge on any atom is 0.416 e. The Bertz CT molecular complexity index is 625. The maximum atomic E-state index is 12.7. The van der Waals surface area contributed by atoms with Crippen molar-refractivity contribution in [1.29, 1.82) is 0 Å².